The molecule has 0 aliphatic carbocycles. The number of hydrogen-bond acceptors (Lipinski definition) is 2. The fraction of sp³-hybridized carbons (Fsp3) is 0.0847. The van der Waals surface area contributed by atoms with Gasteiger partial charge in [0.2, 0.25) is 0 Å². The fourth-order valence-corrected chi connectivity index (χ4v) is 10.2. The van der Waals surface area contributed by atoms with Gasteiger partial charge >= 0.3 is 0 Å². The molecule has 13 rings (SSSR count). The Balaban J connectivity index is 0.00000468. The number of para-hydroxylation sites is 6. The minimum atomic E-state index is -0.111. The van der Waals surface area contributed by atoms with Crippen LogP contribution >= 0.6 is 0 Å². The molecule has 0 radical (unpaired) electrons. The summed E-state index contributed by atoms with van der Waals surface area (Å²) < 4.78 is 18.1. The third-order valence-corrected chi connectivity index (χ3v) is 13.2. The van der Waals surface area contributed by atoms with E-state index in [2.05, 4.69) is 198 Å². The minimum absolute atomic E-state index is 0. The second kappa shape index (κ2) is 15.4. The molecule has 0 spiro atoms. The van der Waals surface area contributed by atoms with Crippen LogP contribution in [-0.4, -0.2) is 23.3 Å². The maximum Gasteiger partial charge on any atom is 0.268 e. The Morgan fingerprint density at radius 3 is 1.94 bits per heavy atom. The molecule has 0 N–H and O–H groups in total. The summed E-state index contributed by atoms with van der Waals surface area (Å²) in [6.07, 6.45) is 5.53. The average molecular weight is 1050 g/mol. The number of aromatic nitrogens is 6. The van der Waals surface area contributed by atoms with Crippen molar-refractivity contribution in [1.82, 2.24) is 23.3 Å². The van der Waals surface area contributed by atoms with Gasteiger partial charge in [-0.1, -0.05) is 123 Å². The van der Waals surface area contributed by atoms with E-state index in [9.17, 15) is 0 Å². The van der Waals surface area contributed by atoms with Crippen LogP contribution in [-0.2, 0) is 33.5 Å². The minimum Gasteiger partial charge on any atom is -0.510 e. The van der Waals surface area contributed by atoms with Crippen molar-refractivity contribution in [3.63, 3.8) is 0 Å². The van der Waals surface area contributed by atoms with Crippen molar-refractivity contribution >= 4 is 76.5 Å². The first-order valence-electron chi connectivity index (χ1n) is 22.4. The Hall–Kier alpha value is -7.73. The van der Waals surface area contributed by atoms with Gasteiger partial charge in [0.25, 0.3) is 6.33 Å². The van der Waals surface area contributed by atoms with Crippen LogP contribution in [0.2, 0.25) is 0 Å². The Morgan fingerprint density at radius 2 is 1.18 bits per heavy atom. The summed E-state index contributed by atoms with van der Waals surface area (Å²) in [5.74, 6) is 1.97. The number of pyridine rings is 1. The number of hydrogen-bond donors (Lipinski definition) is 0. The van der Waals surface area contributed by atoms with Crippen LogP contribution in [0.25, 0.3) is 99.3 Å². The van der Waals surface area contributed by atoms with Gasteiger partial charge in [-0.2, -0.15) is 18.2 Å². The van der Waals surface area contributed by atoms with Gasteiger partial charge in [0.05, 0.1) is 38.8 Å². The summed E-state index contributed by atoms with van der Waals surface area (Å²) in [5.41, 5.74) is 12.7. The molecule has 0 bridgehead atoms. The fourth-order valence-electron chi connectivity index (χ4n) is 10.2. The molecule has 0 saturated heterocycles. The van der Waals surface area contributed by atoms with Crippen LogP contribution in [0, 0.1) is 18.5 Å². The molecule has 5 heterocycles. The Labute approximate surface area is 401 Å². The van der Waals surface area contributed by atoms with Gasteiger partial charge in [-0.15, -0.1) is 29.7 Å². The molecular formula is C59H42N6OPt-2. The SMILES string of the molecule is Cn1c2ccccc2c2c3c4ccc(Oc5[c-]c(-[n+]6[c-]n(-c7ccccc7)c7ccccc76)ccc5)[c-]c4n(-c4cc(C(C)(C)C)ccn4)c3c3c4ccccc4n(-c4ccccc4)c3c21.[Pt]. The molecule has 13 aromatic rings. The van der Waals surface area contributed by atoms with Gasteiger partial charge in [-0.3, -0.25) is 4.57 Å². The second-order valence-corrected chi connectivity index (χ2v) is 18.1. The molecular weight excluding hydrogens is 1000 g/mol. The van der Waals surface area contributed by atoms with Crippen LogP contribution in [0.4, 0.5) is 0 Å². The van der Waals surface area contributed by atoms with E-state index in [-0.39, 0.29) is 26.5 Å². The van der Waals surface area contributed by atoms with Crippen molar-refractivity contribution in [2.24, 2.45) is 7.05 Å². The normalized spacial score (nSPS) is 12.1. The summed E-state index contributed by atoms with van der Waals surface area (Å²) in [6.45, 7) is 6.75. The Bertz CT molecular complexity index is 4080. The smallest absolute Gasteiger partial charge is 0.268 e. The van der Waals surface area contributed by atoms with E-state index < -0.39 is 0 Å². The topological polar surface area (TPSA) is 45.7 Å². The van der Waals surface area contributed by atoms with Gasteiger partial charge in [-0.25, -0.2) is 4.98 Å². The van der Waals surface area contributed by atoms with E-state index in [1.807, 2.05) is 53.2 Å². The van der Waals surface area contributed by atoms with Gasteiger partial charge in [0.1, 0.15) is 5.82 Å². The van der Waals surface area contributed by atoms with Crippen molar-refractivity contribution in [3.05, 3.63) is 206 Å². The van der Waals surface area contributed by atoms with E-state index in [1.165, 1.54) is 27.4 Å². The zero-order chi connectivity index (χ0) is 44.3. The number of benzene rings is 8. The van der Waals surface area contributed by atoms with Gasteiger partial charge in [0.15, 0.2) is 0 Å². The molecule has 326 valence electrons. The summed E-state index contributed by atoms with van der Waals surface area (Å²) in [7, 11) is 2.20. The quantitative estimate of drug-likeness (QED) is 0.123. The monoisotopic (exact) mass is 1050 g/mol. The molecule has 0 unspecified atom stereocenters. The summed E-state index contributed by atoms with van der Waals surface area (Å²) in [5, 5.41) is 6.92. The molecule has 8 heteroatoms. The van der Waals surface area contributed by atoms with Crippen LogP contribution in [0.5, 0.6) is 11.5 Å². The van der Waals surface area contributed by atoms with Crippen molar-refractivity contribution in [3.8, 4) is 34.4 Å². The summed E-state index contributed by atoms with van der Waals surface area (Å²) >= 11 is 0. The molecule has 0 fully saturated rings. The van der Waals surface area contributed by atoms with Crippen LogP contribution in [0.1, 0.15) is 26.3 Å². The molecule has 8 aromatic carbocycles. The standard InChI is InChI=1S/C59H42N6O.Pt/c1-59(2,3)38-32-33-60-52(34-38)65-51-36-43(66-42-23-17-22-41(35-42)63-37-62(39-18-7-5-8-19-39)49-28-15-16-29-50(49)63)30-31-46(51)53-54-44-24-11-13-26-47(44)61(4)57(54)58-55(56(53)65)45-25-12-14-27-48(45)64(58)40-20-9-6-10-21-40;/h5-34H,1-4H3;/q-2;. The third-order valence-electron chi connectivity index (χ3n) is 13.2. The maximum absolute atomic E-state index is 6.81. The van der Waals surface area contributed by atoms with Crippen LogP contribution in [0.3, 0.4) is 0 Å². The first-order chi connectivity index (χ1) is 32.3. The average Bonchev–Trinajstić information content (AvgIpc) is 4.09. The zero-order valence-corrected chi connectivity index (χ0v) is 39.5. The number of fused-ring (bicyclic) bond motifs is 13. The second-order valence-electron chi connectivity index (χ2n) is 18.1. The van der Waals surface area contributed by atoms with Crippen LogP contribution in [0.15, 0.2) is 182 Å². The number of aryl methyl sites for hydroxylation is 1. The van der Waals surface area contributed by atoms with Crippen molar-refractivity contribution in [2.45, 2.75) is 26.2 Å². The van der Waals surface area contributed by atoms with Crippen molar-refractivity contribution < 1.29 is 30.4 Å². The van der Waals surface area contributed by atoms with E-state index in [4.69, 9.17) is 9.72 Å². The first kappa shape index (κ1) is 40.8. The van der Waals surface area contributed by atoms with Crippen molar-refractivity contribution in [1.29, 1.82) is 0 Å². The molecule has 0 aliphatic heterocycles. The molecule has 0 amide bonds. The molecule has 0 aliphatic rings. The predicted octanol–water partition coefficient (Wildman–Crippen LogP) is 13.6. The number of ether oxygens (including phenoxy) is 1. The number of nitrogens with zero attached hydrogens (tertiary/aromatic N) is 6. The maximum atomic E-state index is 6.81. The molecule has 0 saturated carbocycles. The predicted molar refractivity (Wildman–Crippen MR) is 267 cm³/mol. The van der Waals surface area contributed by atoms with Crippen LogP contribution < -0.4 is 9.30 Å². The summed E-state index contributed by atoms with van der Waals surface area (Å²) in [4.78, 5) is 5.18. The van der Waals surface area contributed by atoms with E-state index in [1.54, 1.807) is 0 Å². The van der Waals surface area contributed by atoms with E-state index >= 15 is 0 Å². The van der Waals surface area contributed by atoms with Gasteiger partial charge < -0.3 is 23.0 Å². The Morgan fingerprint density at radius 1 is 0.537 bits per heavy atom. The molecule has 67 heavy (non-hydrogen) atoms. The largest absolute Gasteiger partial charge is 0.510 e. The third kappa shape index (κ3) is 6.22. The molecule has 7 nitrogen and oxygen atoms in total. The molecule has 0 atom stereocenters. The Kier molecular flexibility index (Phi) is 9.39. The number of imidazole rings is 1. The van der Waals surface area contributed by atoms with Crippen molar-refractivity contribution in [2.75, 3.05) is 0 Å². The van der Waals surface area contributed by atoms with Gasteiger partial charge in [0, 0.05) is 78.6 Å². The van der Waals surface area contributed by atoms with E-state index in [0.717, 1.165) is 77.5 Å². The number of rotatable bonds is 6. The first-order valence-corrected chi connectivity index (χ1v) is 22.4. The van der Waals surface area contributed by atoms with Gasteiger partial charge in [-0.05, 0) is 70.6 Å². The summed E-state index contributed by atoms with van der Waals surface area (Å²) in [6, 6.07) is 68.9. The molecule has 5 aromatic heterocycles. The zero-order valence-electron chi connectivity index (χ0n) is 37.2. The van der Waals surface area contributed by atoms with E-state index in [0.29, 0.717) is 11.5 Å².